The van der Waals surface area contributed by atoms with Crippen molar-refractivity contribution in [2.45, 2.75) is 46.1 Å². The number of primary amides is 1. The number of rotatable bonds is 6. The second-order valence-corrected chi connectivity index (χ2v) is 6.23. The maximum absolute atomic E-state index is 10.2. The lowest BCUT2D eigenvalue weighted by molar-refractivity contribution is 0.150. The molecule has 1 heterocycles. The molecule has 0 saturated carbocycles. The Morgan fingerprint density at radius 2 is 1.41 bits per heavy atom. The quantitative estimate of drug-likeness (QED) is 0.738. The molecule has 162 valence electrons. The summed E-state index contributed by atoms with van der Waals surface area (Å²) < 4.78 is 4.57. The Morgan fingerprint density at radius 3 is 1.90 bits per heavy atom. The third-order valence-corrected chi connectivity index (χ3v) is 4.21. The summed E-state index contributed by atoms with van der Waals surface area (Å²) in [5, 5.41) is 7.00. The molecule has 3 rings (SSSR count). The van der Waals surface area contributed by atoms with Gasteiger partial charge < -0.3 is 20.5 Å². The van der Waals surface area contributed by atoms with Crippen LogP contribution in [0.4, 0.5) is 4.79 Å². The maximum atomic E-state index is 10.2. The number of carbonyl (C=O) groups excluding carboxylic acids is 1. The predicted octanol–water partition coefficient (Wildman–Crippen LogP) is 4.63. The van der Waals surface area contributed by atoms with Crippen molar-refractivity contribution in [2.75, 3.05) is 26.7 Å². The van der Waals surface area contributed by atoms with Gasteiger partial charge in [-0.3, -0.25) is 0 Å². The average molecular weight is 403 g/mol. The van der Waals surface area contributed by atoms with E-state index in [9.17, 15) is 4.79 Å². The minimum Gasteiger partial charge on any atom is -0.445 e. The normalized spacial score (nSPS) is 12.3. The van der Waals surface area contributed by atoms with E-state index in [1.54, 1.807) is 0 Å². The summed E-state index contributed by atoms with van der Waals surface area (Å²) >= 11 is 0. The lowest BCUT2D eigenvalue weighted by Crippen LogP contribution is -2.20. The van der Waals surface area contributed by atoms with E-state index in [1.807, 2.05) is 44.2 Å². The summed E-state index contributed by atoms with van der Waals surface area (Å²) in [5.74, 6) is 0. The van der Waals surface area contributed by atoms with Crippen LogP contribution in [0.15, 0.2) is 60.7 Å². The van der Waals surface area contributed by atoms with Crippen LogP contribution in [0.3, 0.4) is 0 Å². The summed E-state index contributed by atoms with van der Waals surface area (Å²) in [5.41, 5.74) is 7.19. The van der Waals surface area contributed by atoms with Crippen LogP contribution in [0, 0.1) is 0 Å². The molecule has 5 heteroatoms. The molecule has 2 aromatic rings. The van der Waals surface area contributed by atoms with Gasteiger partial charge in [0.15, 0.2) is 0 Å². The van der Waals surface area contributed by atoms with E-state index < -0.39 is 6.09 Å². The number of aliphatic hydroxyl groups excluding tert-OH is 1. The van der Waals surface area contributed by atoms with Crippen LogP contribution < -0.4 is 5.73 Å². The number of likely N-dealkylation sites (tertiary alicyclic amines) is 1. The van der Waals surface area contributed by atoms with Gasteiger partial charge in [-0.1, -0.05) is 74.5 Å². The number of hydrogen-bond donors (Lipinski definition) is 2. The molecular formula is C24H38N2O3. The number of ether oxygens (including phenoxy) is 1. The molecule has 0 aliphatic carbocycles. The summed E-state index contributed by atoms with van der Waals surface area (Å²) in [6.45, 7) is 8.19. The number of amides is 1. The standard InChI is InChI=1S/C13H19N.C8H9NO2.C2H6.CH4O/c1-2-7-13(8-3-1)9-6-12-14-10-4-5-11-14;9-8(10)11-6-7-4-2-1-3-5-7;2*1-2/h1-3,7-8H,4-6,9-12H2;1-5H,6H2,(H2,9,10);1-2H3;2H,1H3. The number of nitrogens with two attached hydrogens (primary N) is 1. The van der Waals surface area contributed by atoms with Gasteiger partial charge in [-0.25, -0.2) is 4.79 Å². The zero-order valence-electron chi connectivity index (χ0n) is 18.2. The van der Waals surface area contributed by atoms with Crippen LogP contribution in [0.2, 0.25) is 0 Å². The second-order valence-electron chi connectivity index (χ2n) is 6.23. The highest BCUT2D eigenvalue weighted by Gasteiger charge is 2.09. The van der Waals surface area contributed by atoms with E-state index in [0.717, 1.165) is 12.7 Å². The van der Waals surface area contributed by atoms with Gasteiger partial charge >= 0.3 is 6.09 Å². The Bertz CT molecular complexity index is 600. The van der Waals surface area contributed by atoms with Crippen molar-refractivity contribution >= 4 is 6.09 Å². The molecule has 0 bridgehead atoms. The van der Waals surface area contributed by atoms with Crippen molar-refractivity contribution in [3.63, 3.8) is 0 Å². The lowest BCUT2D eigenvalue weighted by atomic mass is 10.1. The zero-order valence-corrected chi connectivity index (χ0v) is 18.2. The topological polar surface area (TPSA) is 75.8 Å². The molecule has 1 fully saturated rings. The number of hydrogen-bond acceptors (Lipinski definition) is 4. The summed E-state index contributed by atoms with van der Waals surface area (Å²) in [6, 6.07) is 20.2. The molecule has 0 aromatic heterocycles. The fraction of sp³-hybridized carbons (Fsp3) is 0.458. The Kier molecular flexibility index (Phi) is 17.4. The summed E-state index contributed by atoms with van der Waals surface area (Å²) in [6.07, 6.45) is 4.62. The highest BCUT2D eigenvalue weighted by Crippen LogP contribution is 2.09. The van der Waals surface area contributed by atoms with Gasteiger partial charge in [0.25, 0.3) is 0 Å². The molecule has 0 unspecified atom stereocenters. The van der Waals surface area contributed by atoms with Gasteiger partial charge in [0.1, 0.15) is 6.61 Å². The monoisotopic (exact) mass is 402 g/mol. The van der Waals surface area contributed by atoms with Crippen molar-refractivity contribution in [3.8, 4) is 0 Å². The average Bonchev–Trinajstić information content (AvgIpc) is 3.31. The van der Waals surface area contributed by atoms with Gasteiger partial charge in [-0.05, 0) is 56.4 Å². The van der Waals surface area contributed by atoms with Crippen molar-refractivity contribution in [1.82, 2.24) is 4.90 Å². The van der Waals surface area contributed by atoms with Crippen molar-refractivity contribution in [2.24, 2.45) is 5.73 Å². The van der Waals surface area contributed by atoms with Crippen LogP contribution in [-0.2, 0) is 17.8 Å². The first-order valence-electron chi connectivity index (χ1n) is 10.4. The smallest absolute Gasteiger partial charge is 0.404 e. The first-order chi connectivity index (χ1) is 14.2. The fourth-order valence-electron chi connectivity index (χ4n) is 2.89. The third kappa shape index (κ3) is 14.3. The molecule has 1 amide bonds. The Labute approximate surface area is 176 Å². The van der Waals surface area contributed by atoms with Crippen LogP contribution >= 0.6 is 0 Å². The lowest BCUT2D eigenvalue weighted by Gasteiger charge is -2.13. The summed E-state index contributed by atoms with van der Waals surface area (Å²) in [4.78, 5) is 12.8. The molecular weight excluding hydrogens is 364 g/mol. The molecule has 1 aliphatic heterocycles. The first-order valence-corrected chi connectivity index (χ1v) is 10.4. The molecule has 0 atom stereocenters. The highest BCUT2D eigenvalue weighted by molar-refractivity contribution is 5.64. The van der Waals surface area contributed by atoms with Crippen LogP contribution in [-0.4, -0.2) is 42.8 Å². The van der Waals surface area contributed by atoms with Crippen LogP contribution in [0.25, 0.3) is 0 Å². The molecule has 0 spiro atoms. The fourth-order valence-corrected chi connectivity index (χ4v) is 2.89. The van der Waals surface area contributed by atoms with Crippen molar-refractivity contribution in [3.05, 3.63) is 71.8 Å². The number of aliphatic hydroxyl groups is 1. The molecule has 5 nitrogen and oxygen atoms in total. The van der Waals surface area contributed by atoms with Gasteiger partial charge in [0.2, 0.25) is 0 Å². The van der Waals surface area contributed by atoms with Gasteiger partial charge in [-0.15, -0.1) is 0 Å². The Morgan fingerprint density at radius 1 is 0.931 bits per heavy atom. The minimum absolute atomic E-state index is 0.246. The predicted molar refractivity (Wildman–Crippen MR) is 121 cm³/mol. The number of aryl methyl sites for hydroxylation is 1. The Hall–Kier alpha value is -2.37. The van der Waals surface area contributed by atoms with E-state index in [4.69, 9.17) is 10.8 Å². The summed E-state index contributed by atoms with van der Waals surface area (Å²) in [7, 11) is 1.00. The van der Waals surface area contributed by atoms with Gasteiger partial charge in [0, 0.05) is 7.11 Å². The minimum atomic E-state index is -0.742. The number of benzene rings is 2. The zero-order chi connectivity index (χ0) is 21.7. The molecule has 3 N–H and O–H groups in total. The van der Waals surface area contributed by atoms with Gasteiger partial charge in [0.05, 0.1) is 0 Å². The second kappa shape index (κ2) is 19.0. The van der Waals surface area contributed by atoms with E-state index in [0.29, 0.717) is 0 Å². The molecule has 1 saturated heterocycles. The molecule has 1 aliphatic rings. The van der Waals surface area contributed by atoms with Crippen LogP contribution in [0.1, 0.15) is 44.2 Å². The van der Waals surface area contributed by atoms with Crippen molar-refractivity contribution < 1.29 is 14.6 Å². The third-order valence-electron chi connectivity index (χ3n) is 4.21. The van der Waals surface area contributed by atoms with E-state index >= 15 is 0 Å². The van der Waals surface area contributed by atoms with E-state index in [1.165, 1.54) is 50.9 Å². The SMILES string of the molecule is CC.CO.NC(=O)OCc1ccccc1.c1ccc(CCCN2CCCC2)cc1. The molecule has 2 aromatic carbocycles. The number of carbonyl (C=O) groups is 1. The van der Waals surface area contributed by atoms with Crippen molar-refractivity contribution in [1.29, 1.82) is 0 Å². The maximum Gasteiger partial charge on any atom is 0.404 e. The molecule has 29 heavy (non-hydrogen) atoms. The first kappa shape index (κ1) is 26.6. The largest absolute Gasteiger partial charge is 0.445 e. The van der Waals surface area contributed by atoms with Crippen LogP contribution in [0.5, 0.6) is 0 Å². The molecule has 0 radical (unpaired) electrons. The van der Waals surface area contributed by atoms with E-state index in [-0.39, 0.29) is 6.61 Å². The van der Waals surface area contributed by atoms with Gasteiger partial charge in [-0.2, -0.15) is 0 Å². The number of nitrogens with zero attached hydrogens (tertiary/aromatic N) is 1. The Balaban J connectivity index is 0.000000472. The van der Waals surface area contributed by atoms with E-state index in [2.05, 4.69) is 40.0 Å². The highest BCUT2D eigenvalue weighted by atomic mass is 16.5.